The van der Waals surface area contributed by atoms with Gasteiger partial charge < -0.3 is 11.1 Å². The smallest absolute Gasteiger partial charge is 0.220 e. The average Bonchev–Trinajstić information content (AvgIpc) is 3.20. The van der Waals surface area contributed by atoms with Crippen LogP contribution in [0.5, 0.6) is 0 Å². The van der Waals surface area contributed by atoms with E-state index in [0.717, 1.165) is 5.56 Å². The number of carbonyl (C=O) groups is 1. The molecule has 1 fully saturated rings. The Hall–Kier alpha value is -1.13. The number of hydrogen-bond donors (Lipinski definition) is 2. The van der Waals surface area contributed by atoms with Crippen molar-refractivity contribution in [3.8, 4) is 0 Å². The zero-order valence-electron chi connectivity index (χ0n) is 12.3. The monoisotopic (exact) mass is 314 g/mol. The van der Waals surface area contributed by atoms with Crippen molar-refractivity contribution in [3.05, 3.63) is 35.6 Å². The highest BCUT2D eigenvalue weighted by atomic mass is 35.5. The third kappa shape index (κ3) is 6.44. The van der Waals surface area contributed by atoms with E-state index in [1.165, 1.54) is 25.0 Å². The van der Waals surface area contributed by atoms with Gasteiger partial charge in [-0.05, 0) is 48.8 Å². The molecule has 3 nitrogen and oxygen atoms in total. The topological polar surface area (TPSA) is 55.1 Å². The Balaban J connectivity index is 0.00000220. The first-order valence-corrected chi connectivity index (χ1v) is 7.31. The first-order valence-electron chi connectivity index (χ1n) is 7.31. The largest absolute Gasteiger partial charge is 0.355 e. The summed E-state index contributed by atoms with van der Waals surface area (Å²) in [6.07, 6.45) is 3.54. The van der Waals surface area contributed by atoms with Crippen LogP contribution in [0.15, 0.2) is 24.3 Å². The Kier molecular flexibility index (Phi) is 7.12. The normalized spacial score (nSPS) is 16.7. The Morgan fingerprint density at radius 3 is 2.81 bits per heavy atom. The minimum absolute atomic E-state index is 0. The molecule has 3 N–H and O–H groups in total. The van der Waals surface area contributed by atoms with Gasteiger partial charge in [0.2, 0.25) is 5.91 Å². The fourth-order valence-corrected chi connectivity index (χ4v) is 2.45. The van der Waals surface area contributed by atoms with Crippen LogP contribution in [0.4, 0.5) is 4.39 Å². The average molecular weight is 315 g/mol. The maximum Gasteiger partial charge on any atom is 0.220 e. The lowest BCUT2D eigenvalue weighted by Crippen LogP contribution is -2.39. The summed E-state index contributed by atoms with van der Waals surface area (Å²) in [6.45, 7) is 2.57. The van der Waals surface area contributed by atoms with Gasteiger partial charge in [0.15, 0.2) is 0 Å². The van der Waals surface area contributed by atoms with Crippen molar-refractivity contribution in [2.75, 3.05) is 6.54 Å². The third-order valence-corrected chi connectivity index (χ3v) is 3.77. The predicted octanol–water partition coefficient (Wildman–Crippen LogP) is 2.67. The summed E-state index contributed by atoms with van der Waals surface area (Å²) < 4.78 is 13.1. The number of benzene rings is 1. The molecule has 0 aliphatic heterocycles. The van der Waals surface area contributed by atoms with Gasteiger partial charge in [0.25, 0.3) is 0 Å². The minimum Gasteiger partial charge on any atom is -0.355 e. The minimum atomic E-state index is -0.227. The number of nitrogens with one attached hydrogen (secondary N) is 1. The van der Waals surface area contributed by atoms with Gasteiger partial charge in [0.1, 0.15) is 5.82 Å². The van der Waals surface area contributed by atoms with Crippen LogP contribution >= 0.6 is 12.4 Å². The molecule has 2 rings (SSSR count). The van der Waals surface area contributed by atoms with Gasteiger partial charge in [-0.1, -0.05) is 19.1 Å². The molecule has 1 saturated carbocycles. The molecule has 0 radical (unpaired) electrons. The summed E-state index contributed by atoms with van der Waals surface area (Å²) in [5.41, 5.74) is 6.87. The summed E-state index contributed by atoms with van der Waals surface area (Å²) in [4.78, 5) is 11.8. The fraction of sp³-hybridized carbons (Fsp3) is 0.562. The molecule has 1 aromatic carbocycles. The number of halogens is 2. The van der Waals surface area contributed by atoms with Gasteiger partial charge in [-0.15, -0.1) is 12.4 Å². The van der Waals surface area contributed by atoms with Crippen LogP contribution in [-0.4, -0.2) is 18.5 Å². The molecule has 0 heterocycles. The molecule has 1 aliphatic carbocycles. The zero-order chi connectivity index (χ0) is 14.5. The molecule has 0 bridgehead atoms. The van der Waals surface area contributed by atoms with Crippen LogP contribution in [0.1, 0.15) is 31.7 Å². The van der Waals surface area contributed by atoms with Gasteiger partial charge in [-0.3, -0.25) is 4.79 Å². The van der Waals surface area contributed by atoms with E-state index in [1.54, 1.807) is 6.07 Å². The lowest BCUT2D eigenvalue weighted by atomic mass is 9.97. The maximum absolute atomic E-state index is 13.1. The van der Waals surface area contributed by atoms with E-state index in [9.17, 15) is 9.18 Å². The Morgan fingerprint density at radius 1 is 1.48 bits per heavy atom. The molecular weight excluding hydrogens is 291 g/mol. The quantitative estimate of drug-likeness (QED) is 0.813. The SMILES string of the molecule is CC(CC(=O)NCC(N)C1CC1)Cc1cccc(F)c1.Cl. The first kappa shape index (κ1) is 17.9. The Labute approximate surface area is 131 Å². The molecule has 118 valence electrons. The fourth-order valence-electron chi connectivity index (χ4n) is 2.45. The van der Waals surface area contributed by atoms with E-state index in [0.29, 0.717) is 25.3 Å². The first-order chi connectivity index (χ1) is 9.54. The molecular formula is C16H24ClFN2O. The highest BCUT2D eigenvalue weighted by Crippen LogP contribution is 2.31. The van der Waals surface area contributed by atoms with Gasteiger partial charge in [0, 0.05) is 19.0 Å². The molecule has 0 aromatic heterocycles. The van der Waals surface area contributed by atoms with E-state index < -0.39 is 0 Å². The van der Waals surface area contributed by atoms with E-state index >= 15 is 0 Å². The number of amides is 1. The third-order valence-electron chi connectivity index (χ3n) is 3.77. The molecule has 5 heteroatoms. The van der Waals surface area contributed by atoms with Crippen molar-refractivity contribution in [3.63, 3.8) is 0 Å². The van der Waals surface area contributed by atoms with Crippen molar-refractivity contribution < 1.29 is 9.18 Å². The number of carbonyl (C=O) groups excluding carboxylic acids is 1. The van der Waals surface area contributed by atoms with E-state index in [1.807, 2.05) is 13.0 Å². The molecule has 2 atom stereocenters. The van der Waals surface area contributed by atoms with E-state index in [-0.39, 0.29) is 36.1 Å². The second-order valence-corrected chi connectivity index (χ2v) is 5.95. The van der Waals surface area contributed by atoms with Gasteiger partial charge >= 0.3 is 0 Å². The summed E-state index contributed by atoms with van der Waals surface area (Å²) in [5, 5.41) is 2.89. The van der Waals surface area contributed by atoms with E-state index in [2.05, 4.69) is 5.32 Å². The summed E-state index contributed by atoms with van der Waals surface area (Å²) in [7, 11) is 0. The summed E-state index contributed by atoms with van der Waals surface area (Å²) in [5.74, 6) is 0.591. The molecule has 1 aromatic rings. The van der Waals surface area contributed by atoms with Crippen LogP contribution in [0.25, 0.3) is 0 Å². The van der Waals surface area contributed by atoms with Crippen molar-refractivity contribution in [1.82, 2.24) is 5.32 Å². The molecule has 0 spiro atoms. The Bertz CT molecular complexity index is 465. The number of hydrogen-bond acceptors (Lipinski definition) is 2. The lowest BCUT2D eigenvalue weighted by Gasteiger charge is -2.14. The van der Waals surface area contributed by atoms with Crippen LogP contribution < -0.4 is 11.1 Å². The predicted molar refractivity (Wildman–Crippen MR) is 84.8 cm³/mol. The van der Waals surface area contributed by atoms with E-state index in [4.69, 9.17) is 5.73 Å². The number of nitrogens with two attached hydrogens (primary N) is 1. The van der Waals surface area contributed by atoms with Crippen molar-refractivity contribution >= 4 is 18.3 Å². The standard InChI is InChI=1S/C16H23FN2O.ClH/c1-11(7-12-3-2-4-14(17)9-12)8-16(20)19-10-15(18)13-5-6-13;/h2-4,9,11,13,15H,5-8,10,18H2,1H3,(H,19,20);1H. The summed E-state index contributed by atoms with van der Waals surface area (Å²) in [6, 6.07) is 6.64. The van der Waals surface area contributed by atoms with Crippen LogP contribution in [0.3, 0.4) is 0 Å². The lowest BCUT2D eigenvalue weighted by molar-refractivity contribution is -0.121. The Morgan fingerprint density at radius 2 is 2.19 bits per heavy atom. The molecule has 21 heavy (non-hydrogen) atoms. The van der Waals surface area contributed by atoms with Crippen LogP contribution in [0.2, 0.25) is 0 Å². The molecule has 1 aliphatic rings. The summed E-state index contributed by atoms with van der Waals surface area (Å²) >= 11 is 0. The molecule has 1 amide bonds. The van der Waals surface area contributed by atoms with Crippen LogP contribution in [0, 0.1) is 17.7 Å². The second-order valence-electron chi connectivity index (χ2n) is 5.95. The molecule has 2 unspecified atom stereocenters. The van der Waals surface area contributed by atoms with Gasteiger partial charge in [-0.2, -0.15) is 0 Å². The zero-order valence-corrected chi connectivity index (χ0v) is 13.2. The van der Waals surface area contributed by atoms with Crippen LogP contribution in [-0.2, 0) is 11.2 Å². The maximum atomic E-state index is 13.1. The highest BCUT2D eigenvalue weighted by Gasteiger charge is 2.28. The van der Waals surface area contributed by atoms with Crippen molar-refractivity contribution in [1.29, 1.82) is 0 Å². The number of rotatable bonds is 7. The highest BCUT2D eigenvalue weighted by molar-refractivity contribution is 5.85. The van der Waals surface area contributed by atoms with Crippen molar-refractivity contribution in [2.45, 2.75) is 38.6 Å². The van der Waals surface area contributed by atoms with Gasteiger partial charge in [0.05, 0.1) is 0 Å². The van der Waals surface area contributed by atoms with Gasteiger partial charge in [-0.25, -0.2) is 4.39 Å². The molecule has 0 saturated heterocycles. The second kappa shape index (κ2) is 8.35. The van der Waals surface area contributed by atoms with Crippen molar-refractivity contribution in [2.24, 2.45) is 17.6 Å².